The van der Waals surface area contributed by atoms with Crippen molar-refractivity contribution in [3.05, 3.63) is 89.8 Å². The Morgan fingerprint density at radius 1 is 1.00 bits per heavy atom. The number of aliphatic hydroxyl groups is 1. The fourth-order valence-electron chi connectivity index (χ4n) is 3.96. The lowest BCUT2D eigenvalue weighted by Gasteiger charge is -2.26. The molecule has 174 valence electrons. The van der Waals surface area contributed by atoms with Crippen molar-refractivity contribution in [3.63, 3.8) is 0 Å². The summed E-state index contributed by atoms with van der Waals surface area (Å²) in [5.41, 5.74) is 2.68. The summed E-state index contributed by atoms with van der Waals surface area (Å²) in [6, 6.07) is 16.9. The first-order valence-corrected chi connectivity index (χ1v) is 11.1. The van der Waals surface area contributed by atoms with Gasteiger partial charge < -0.3 is 14.7 Å². The van der Waals surface area contributed by atoms with Crippen LogP contribution < -0.4 is 14.5 Å². The number of hydrogen-bond acceptors (Lipinski definition) is 6. The molecule has 0 spiro atoms. The molecule has 0 radical (unpaired) electrons. The zero-order valence-corrected chi connectivity index (χ0v) is 19.4. The molecule has 0 bridgehead atoms. The predicted molar refractivity (Wildman–Crippen MR) is 132 cm³/mol. The van der Waals surface area contributed by atoms with E-state index in [2.05, 4.69) is 4.98 Å². The third kappa shape index (κ3) is 4.37. The van der Waals surface area contributed by atoms with Crippen molar-refractivity contribution in [1.82, 2.24) is 4.98 Å². The third-order valence-electron chi connectivity index (χ3n) is 5.71. The molecule has 1 aromatic heterocycles. The van der Waals surface area contributed by atoms with Gasteiger partial charge in [0.05, 0.1) is 18.2 Å². The van der Waals surface area contributed by atoms with Crippen LogP contribution in [0.4, 0.5) is 11.4 Å². The molecule has 1 saturated heterocycles. The molecule has 1 amide bonds. The molecule has 1 fully saturated rings. The molecule has 0 aliphatic carbocycles. The Bertz CT molecular complexity index is 1200. The molecular weight excluding hydrogens is 430 g/mol. The van der Waals surface area contributed by atoms with E-state index in [4.69, 9.17) is 4.74 Å². The van der Waals surface area contributed by atoms with Gasteiger partial charge in [0.2, 0.25) is 0 Å². The van der Waals surface area contributed by atoms with E-state index in [1.165, 1.54) is 4.90 Å². The van der Waals surface area contributed by atoms with Crippen molar-refractivity contribution in [2.24, 2.45) is 0 Å². The summed E-state index contributed by atoms with van der Waals surface area (Å²) in [6.07, 6.45) is 4.08. The van der Waals surface area contributed by atoms with Gasteiger partial charge in [-0.2, -0.15) is 0 Å². The van der Waals surface area contributed by atoms with Crippen LogP contribution >= 0.6 is 0 Å². The largest absolute Gasteiger partial charge is 0.507 e. The van der Waals surface area contributed by atoms with Gasteiger partial charge in [0.25, 0.3) is 11.7 Å². The van der Waals surface area contributed by atoms with E-state index in [1.54, 1.807) is 60.9 Å². The van der Waals surface area contributed by atoms with E-state index in [0.29, 0.717) is 29.2 Å². The molecule has 7 heteroatoms. The SMILES string of the molecule is CCCOc1ccc(/C(O)=C2\C(=O)C(=O)N(c3ccc(N(C)C)cc3)C2c2ccncc2)cc1. The molecule has 1 aliphatic heterocycles. The van der Waals surface area contributed by atoms with E-state index in [9.17, 15) is 14.7 Å². The average molecular weight is 458 g/mol. The third-order valence-corrected chi connectivity index (χ3v) is 5.71. The summed E-state index contributed by atoms with van der Waals surface area (Å²) in [5, 5.41) is 11.2. The zero-order valence-electron chi connectivity index (χ0n) is 19.4. The standard InChI is InChI=1S/C27H27N3O4/c1-4-17-34-22-11-5-19(6-12-22)25(31)23-24(18-13-15-28-16-14-18)30(27(33)26(23)32)21-9-7-20(8-10-21)29(2)3/h5-16,24,31H,4,17H2,1-3H3/b25-23+. The average Bonchev–Trinajstić information content (AvgIpc) is 3.13. The Labute approximate surface area is 198 Å². The minimum Gasteiger partial charge on any atom is -0.507 e. The van der Waals surface area contributed by atoms with Crippen molar-refractivity contribution in [3.8, 4) is 5.75 Å². The fourth-order valence-corrected chi connectivity index (χ4v) is 3.96. The second-order valence-corrected chi connectivity index (χ2v) is 8.23. The second-order valence-electron chi connectivity index (χ2n) is 8.23. The Hall–Kier alpha value is -4.13. The van der Waals surface area contributed by atoms with Gasteiger partial charge in [0, 0.05) is 43.4 Å². The van der Waals surface area contributed by atoms with Crippen molar-refractivity contribution >= 4 is 28.8 Å². The number of benzene rings is 2. The number of nitrogens with zero attached hydrogens (tertiary/aromatic N) is 3. The topological polar surface area (TPSA) is 83.0 Å². The molecule has 1 atom stereocenters. The molecular formula is C27H27N3O4. The van der Waals surface area contributed by atoms with Crippen LogP contribution in [0.25, 0.3) is 5.76 Å². The smallest absolute Gasteiger partial charge is 0.300 e. The van der Waals surface area contributed by atoms with E-state index >= 15 is 0 Å². The van der Waals surface area contributed by atoms with Crippen molar-refractivity contribution in [2.45, 2.75) is 19.4 Å². The van der Waals surface area contributed by atoms with Crippen LogP contribution in [0.1, 0.15) is 30.5 Å². The maximum Gasteiger partial charge on any atom is 0.300 e. The van der Waals surface area contributed by atoms with Crippen LogP contribution in [0.5, 0.6) is 5.75 Å². The van der Waals surface area contributed by atoms with Crippen LogP contribution in [0.2, 0.25) is 0 Å². The van der Waals surface area contributed by atoms with Gasteiger partial charge in [0.1, 0.15) is 11.5 Å². The monoisotopic (exact) mass is 457 g/mol. The number of amides is 1. The quantitative estimate of drug-likeness (QED) is 0.318. The number of carbonyl (C=O) groups excluding carboxylic acids is 2. The van der Waals surface area contributed by atoms with E-state index in [0.717, 1.165) is 12.1 Å². The summed E-state index contributed by atoms with van der Waals surface area (Å²) in [5.74, 6) is -0.980. The minimum atomic E-state index is -0.788. The van der Waals surface area contributed by atoms with Crippen molar-refractivity contribution < 1.29 is 19.4 Å². The highest BCUT2D eigenvalue weighted by Gasteiger charge is 2.46. The molecule has 1 N–H and O–H groups in total. The minimum absolute atomic E-state index is 0.0371. The molecule has 34 heavy (non-hydrogen) atoms. The Balaban J connectivity index is 1.81. The summed E-state index contributed by atoms with van der Waals surface area (Å²) in [6.45, 7) is 2.61. The fraction of sp³-hybridized carbons (Fsp3) is 0.222. The molecule has 4 rings (SSSR count). The number of aliphatic hydroxyl groups excluding tert-OH is 1. The van der Waals surface area contributed by atoms with Gasteiger partial charge in [-0.1, -0.05) is 6.92 Å². The van der Waals surface area contributed by atoms with Crippen LogP contribution in [-0.2, 0) is 9.59 Å². The lowest BCUT2D eigenvalue weighted by atomic mass is 9.95. The van der Waals surface area contributed by atoms with Crippen LogP contribution in [-0.4, -0.2) is 42.5 Å². The van der Waals surface area contributed by atoms with Crippen LogP contribution in [0.3, 0.4) is 0 Å². The van der Waals surface area contributed by atoms with E-state index < -0.39 is 17.7 Å². The molecule has 3 aromatic rings. The first-order chi connectivity index (χ1) is 16.4. The Morgan fingerprint density at radius 2 is 1.65 bits per heavy atom. The van der Waals surface area contributed by atoms with Crippen LogP contribution in [0.15, 0.2) is 78.6 Å². The Kier molecular flexibility index (Phi) is 6.63. The normalized spacial score (nSPS) is 17.1. The van der Waals surface area contributed by atoms with Crippen molar-refractivity contribution in [2.75, 3.05) is 30.5 Å². The lowest BCUT2D eigenvalue weighted by Crippen LogP contribution is -2.29. The number of ketones is 1. The second kappa shape index (κ2) is 9.79. The highest BCUT2D eigenvalue weighted by Crippen LogP contribution is 2.42. The van der Waals surface area contributed by atoms with Crippen molar-refractivity contribution in [1.29, 1.82) is 0 Å². The summed E-state index contributed by atoms with van der Waals surface area (Å²) >= 11 is 0. The number of anilines is 2. The van der Waals surface area contributed by atoms with Gasteiger partial charge in [0.15, 0.2) is 0 Å². The number of carbonyl (C=O) groups is 2. The van der Waals surface area contributed by atoms with Gasteiger partial charge in [-0.3, -0.25) is 19.5 Å². The highest BCUT2D eigenvalue weighted by molar-refractivity contribution is 6.51. The molecule has 0 saturated carbocycles. The number of Topliss-reactive ketones (excluding diaryl/α,β-unsaturated/α-hetero) is 1. The zero-order chi connectivity index (χ0) is 24.2. The number of hydrogen-bond donors (Lipinski definition) is 1. The summed E-state index contributed by atoms with van der Waals surface area (Å²) < 4.78 is 5.61. The number of ether oxygens (including phenoxy) is 1. The number of rotatable bonds is 7. The number of pyridine rings is 1. The van der Waals surface area contributed by atoms with Gasteiger partial charge in [-0.15, -0.1) is 0 Å². The predicted octanol–water partition coefficient (Wildman–Crippen LogP) is 4.56. The molecule has 1 aliphatic rings. The van der Waals surface area contributed by atoms with E-state index in [-0.39, 0.29) is 11.3 Å². The summed E-state index contributed by atoms with van der Waals surface area (Å²) in [7, 11) is 3.85. The number of aromatic nitrogens is 1. The van der Waals surface area contributed by atoms with Gasteiger partial charge in [-0.25, -0.2) is 0 Å². The maximum atomic E-state index is 13.2. The molecule has 2 aromatic carbocycles. The molecule has 2 heterocycles. The summed E-state index contributed by atoms with van der Waals surface area (Å²) in [4.78, 5) is 33.9. The highest BCUT2D eigenvalue weighted by atomic mass is 16.5. The first-order valence-electron chi connectivity index (χ1n) is 11.1. The van der Waals surface area contributed by atoms with Gasteiger partial charge >= 0.3 is 0 Å². The molecule has 7 nitrogen and oxygen atoms in total. The molecule has 1 unspecified atom stereocenters. The van der Waals surface area contributed by atoms with Crippen LogP contribution in [0, 0.1) is 0 Å². The first kappa shape index (κ1) is 23.0. The van der Waals surface area contributed by atoms with E-state index in [1.807, 2.05) is 38.1 Å². The Morgan fingerprint density at radius 3 is 2.24 bits per heavy atom. The van der Waals surface area contributed by atoms with Gasteiger partial charge in [-0.05, 0) is 72.6 Å². The maximum absolute atomic E-state index is 13.2. The lowest BCUT2D eigenvalue weighted by molar-refractivity contribution is -0.132.